The minimum atomic E-state index is -0.791. The zero-order valence-electron chi connectivity index (χ0n) is 10.6. The molecule has 6 nitrogen and oxygen atoms in total. The summed E-state index contributed by atoms with van der Waals surface area (Å²) in [6, 6.07) is 0. The second-order valence-electron chi connectivity index (χ2n) is 5.43. The first-order valence-corrected chi connectivity index (χ1v) is 6.56. The first-order chi connectivity index (χ1) is 9.19. The van der Waals surface area contributed by atoms with E-state index in [1.807, 2.05) is 12.2 Å². The molecule has 1 amide bonds. The number of esters is 1. The largest absolute Gasteiger partial charge is 0.469 e. The van der Waals surface area contributed by atoms with Crippen LogP contribution >= 0.6 is 0 Å². The molecule has 0 N–H and O–H groups in total. The number of carbonyl (C=O) groups is 2. The molecule has 4 rings (SSSR count). The third-order valence-electron chi connectivity index (χ3n) is 4.60. The van der Waals surface area contributed by atoms with Crippen molar-refractivity contribution in [2.75, 3.05) is 20.3 Å². The number of rotatable bonds is 1. The maximum atomic E-state index is 12.6. The van der Waals surface area contributed by atoms with E-state index in [0.29, 0.717) is 13.2 Å². The molecule has 5 atom stereocenters. The molecule has 1 spiro atoms. The highest BCUT2D eigenvalue weighted by Crippen LogP contribution is 2.55. The van der Waals surface area contributed by atoms with E-state index in [2.05, 4.69) is 0 Å². The average molecular weight is 265 g/mol. The summed E-state index contributed by atoms with van der Waals surface area (Å²) in [5, 5.41) is 0. The summed E-state index contributed by atoms with van der Waals surface area (Å²) in [7, 11) is 1.34. The lowest BCUT2D eigenvalue weighted by Crippen LogP contribution is -2.49. The molecule has 0 aliphatic carbocycles. The number of amides is 1. The SMILES string of the molecule is COC(=O)[C@H]1[C@H]2C(=O)N3CCCO[C@@H]3[C@@]23C=C[C@H]1O3. The van der Waals surface area contributed by atoms with Gasteiger partial charge in [-0.05, 0) is 12.5 Å². The molecular weight excluding hydrogens is 250 g/mol. The first kappa shape index (κ1) is 11.4. The van der Waals surface area contributed by atoms with Crippen molar-refractivity contribution in [1.82, 2.24) is 4.90 Å². The Morgan fingerprint density at radius 3 is 3.21 bits per heavy atom. The third kappa shape index (κ3) is 1.19. The van der Waals surface area contributed by atoms with Gasteiger partial charge in [0, 0.05) is 6.54 Å². The minimum Gasteiger partial charge on any atom is -0.469 e. The van der Waals surface area contributed by atoms with Crippen LogP contribution in [0, 0.1) is 11.8 Å². The summed E-state index contributed by atoms with van der Waals surface area (Å²) in [5.74, 6) is -1.48. The highest BCUT2D eigenvalue weighted by molar-refractivity contribution is 5.91. The number of ether oxygens (including phenoxy) is 3. The fourth-order valence-corrected chi connectivity index (χ4v) is 3.86. The van der Waals surface area contributed by atoms with E-state index < -0.39 is 23.7 Å². The van der Waals surface area contributed by atoms with Gasteiger partial charge in [0.15, 0.2) is 6.23 Å². The number of carbonyl (C=O) groups excluding carboxylic acids is 2. The first-order valence-electron chi connectivity index (χ1n) is 6.56. The number of hydrogen-bond acceptors (Lipinski definition) is 5. The van der Waals surface area contributed by atoms with Crippen molar-refractivity contribution in [1.29, 1.82) is 0 Å². The standard InChI is InChI=1S/C13H15NO5/c1-17-11(16)8-7-3-4-13(19-7)9(8)10(15)14-5-2-6-18-12(13)14/h3-4,7-9,12H,2,5-6H2,1H3/t7-,8-,9+,12-,13-/m1/s1. The Labute approximate surface area is 110 Å². The van der Waals surface area contributed by atoms with Gasteiger partial charge in [0.25, 0.3) is 0 Å². The highest BCUT2D eigenvalue weighted by Gasteiger charge is 2.72. The molecule has 4 aliphatic rings. The fraction of sp³-hybridized carbons (Fsp3) is 0.692. The third-order valence-corrected chi connectivity index (χ3v) is 4.60. The van der Waals surface area contributed by atoms with Crippen molar-refractivity contribution in [3.63, 3.8) is 0 Å². The van der Waals surface area contributed by atoms with E-state index in [4.69, 9.17) is 14.2 Å². The summed E-state index contributed by atoms with van der Waals surface area (Å²) in [5.41, 5.74) is -0.791. The van der Waals surface area contributed by atoms with Crippen molar-refractivity contribution >= 4 is 11.9 Å². The van der Waals surface area contributed by atoms with Crippen LogP contribution in [0.2, 0.25) is 0 Å². The van der Waals surface area contributed by atoms with Gasteiger partial charge < -0.3 is 19.1 Å². The van der Waals surface area contributed by atoms with Crippen LogP contribution in [0.25, 0.3) is 0 Å². The number of nitrogens with zero attached hydrogens (tertiary/aromatic N) is 1. The van der Waals surface area contributed by atoms with Gasteiger partial charge in [-0.2, -0.15) is 0 Å². The molecule has 3 saturated heterocycles. The summed E-state index contributed by atoms with van der Waals surface area (Å²) in [4.78, 5) is 26.2. The van der Waals surface area contributed by atoms with Crippen LogP contribution in [-0.2, 0) is 23.8 Å². The predicted octanol–water partition coefficient (Wildman–Crippen LogP) is -0.312. The van der Waals surface area contributed by atoms with Gasteiger partial charge >= 0.3 is 5.97 Å². The Morgan fingerprint density at radius 1 is 1.58 bits per heavy atom. The zero-order valence-corrected chi connectivity index (χ0v) is 10.6. The van der Waals surface area contributed by atoms with E-state index in [1.165, 1.54) is 7.11 Å². The topological polar surface area (TPSA) is 65.1 Å². The monoisotopic (exact) mass is 265 g/mol. The van der Waals surface area contributed by atoms with Gasteiger partial charge in [-0.1, -0.05) is 6.08 Å². The van der Waals surface area contributed by atoms with Gasteiger partial charge in [0.2, 0.25) is 5.91 Å². The summed E-state index contributed by atoms with van der Waals surface area (Å²) >= 11 is 0. The van der Waals surface area contributed by atoms with Crippen LogP contribution in [0.4, 0.5) is 0 Å². The fourth-order valence-electron chi connectivity index (χ4n) is 3.86. The van der Waals surface area contributed by atoms with Crippen molar-refractivity contribution < 1.29 is 23.8 Å². The van der Waals surface area contributed by atoms with Crippen LogP contribution in [0.5, 0.6) is 0 Å². The maximum absolute atomic E-state index is 12.6. The molecule has 19 heavy (non-hydrogen) atoms. The Bertz CT molecular complexity index is 489. The van der Waals surface area contributed by atoms with Crippen molar-refractivity contribution in [2.45, 2.75) is 24.4 Å². The number of fused-ring (bicyclic) bond motifs is 2. The van der Waals surface area contributed by atoms with Gasteiger partial charge in [-0.15, -0.1) is 0 Å². The molecule has 6 heteroatoms. The second-order valence-corrected chi connectivity index (χ2v) is 5.43. The number of hydrogen-bond donors (Lipinski definition) is 0. The Hall–Kier alpha value is -1.40. The molecule has 2 bridgehead atoms. The van der Waals surface area contributed by atoms with Crippen LogP contribution in [-0.4, -0.2) is 55.0 Å². The lowest BCUT2D eigenvalue weighted by Gasteiger charge is -2.36. The van der Waals surface area contributed by atoms with E-state index in [-0.39, 0.29) is 18.0 Å². The van der Waals surface area contributed by atoms with Crippen molar-refractivity contribution in [3.8, 4) is 0 Å². The molecule has 0 radical (unpaired) electrons. The summed E-state index contributed by atoms with van der Waals surface area (Å²) in [6.07, 6.45) is 3.81. The van der Waals surface area contributed by atoms with Gasteiger partial charge in [-0.3, -0.25) is 9.59 Å². The Morgan fingerprint density at radius 2 is 2.42 bits per heavy atom. The van der Waals surface area contributed by atoms with Crippen LogP contribution in [0.15, 0.2) is 12.2 Å². The molecule has 0 aromatic heterocycles. The van der Waals surface area contributed by atoms with Crippen molar-refractivity contribution in [2.24, 2.45) is 11.8 Å². The number of methoxy groups -OCH3 is 1. The quantitative estimate of drug-likeness (QED) is 0.480. The molecule has 0 aromatic rings. The van der Waals surface area contributed by atoms with Gasteiger partial charge in [0.1, 0.15) is 11.5 Å². The molecule has 0 aromatic carbocycles. The zero-order chi connectivity index (χ0) is 13.2. The molecular formula is C13H15NO5. The minimum absolute atomic E-state index is 0.0491. The molecule has 4 aliphatic heterocycles. The summed E-state index contributed by atoms with van der Waals surface area (Å²) in [6.45, 7) is 1.28. The molecule has 0 unspecified atom stereocenters. The van der Waals surface area contributed by atoms with Crippen LogP contribution in [0.3, 0.4) is 0 Å². The van der Waals surface area contributed by atoms with Crippen LogP contribution < -0.4 is 0 Å². The summed E-state index contributed by atoms with van der Waals surface area (Å²) < 4.78 is 16.5. The Kier molecular flexibility index (Phi) is 2.15. The average Bonchev–Trinajstić information content (AvgIpc) is 3.08. The van der Waals surface area contributed by atoms with Crippen molar-refractivity contribution in [3.05, 3.63) is 12.2 Å². The molecule has 0 saturated carbocycles. The lowest BCUT2D eigenvalue weighted by molar-refractivity contribution is -0.168. The van der Waals surface area contributed by atoms with Gasteiger partial charge in [0.05, 0.1) is 25.7 Å². The van der Waals surface area contributed by atoms with Gasteiger partial charge in [-0.25, -0.2) is 0 Å². The van der Waals surface area contributed by atoms with E-state index in [9.17, 15) is 9.59 Å². The normalized spacial score (nSPS) is 46.4. The Balaban J connectivity index is 1.79. The lowest BCUT2D eigenvalue weighted by atomic mass is 9.76. The van der Waals surface area contributed by atoms with Crippen LogP contribution in [0.1, 0.15) is 6.42 Å². The second kappa shape index (κ2) is 3.58. The van der Waals surface area contributed by atoms with E-state index in [0.717, 1.165) is 6.42 Å². The molecule has 102 valence electrons. The highest BCUT2D eigenvalue weighted by atomic mass is 16.6. The van der Waals surface area contributed by atoms with E-state index >= 15 is 0 Å². The molecule has 4 heterocycles. The maximum Gasteiger partial charge on any atom is 0.312 e. The molecule has 3 fully saturated rings. The predicted molar refractivity (Wildman–Crippen MR) is 61.8 cm³/mol. The smallest absolute Gasteiger partial charge is 0.312 e. The van der Waals surface area contributed by atoms with E-state index in [1.54, 1.807) is 4.90 Å².